The van der Waals surface area contributed by atoms with Gasteiger partial charge in [-0.15, -0.1) is 0 Å². The van der Waals surface area contributed by atoms with E-state index in [2.05, 4.69) is 5.32 Å². The first-order valence-corrected chi connectivity index (χ1v) is 8.28. The fourth-order valence-corrected chi connectivity index (χ4v) is 2.29. The number of anilines is 1. The Morgan fingerprint density at radius 3 is 2.46 bits per heavy atom. The summed E-state index contributed by atoms with van der Waals surface area (Å²) >= 11 is 0. The Balaban J connectivity index is 2.05. The summed E-state index contributed by atoms with van der Waals surface area (Å²) in [5.74, 6) is -0.480. The van der Waals surface area contributed by atoms with Crippen molar-refractivity contribution >= 4 is 17.7 Å². The normalized spacial score (nSPS) is 10.9. The molecule has 0 saturated heterocycles. The summed E-state index contributed by atoms with van der Waals surface area (Å²) in [6.07, 6.45) is -0.416. The maximum atomic E-state index is 12.3. The minimum absolute atomic E-state index is 0.0780. The quantitative estimate of drug-likeness (QED) is 0.867. The number of hydrogen-bond acceptors (Lipinski definition) is 4. The summed E-state index contributed by atoms with van der Waals surface area (Å²) in [4.78, 5) is 25.8. The van der Waals surface area contributed by atoms with Gasteiger partial charge in [0.25, 0.3) is 5.91 Å². The second-order valence-electron chi connectivity index (χ2n) is 7.01. The van der Waals surface area contributed by atoms with Crippen LogP contribution in [-0.4, -0.2) is 34.7 Å². The minimum atomic E-state index is -0.557. The smallest absolute Gasteiger partial charge is 0.410 e. The molecule has 0 aliphatic carbocycles. The predicted octanol–water partition coefficient (Wildman–Crippen LogP) is 4.01. The highest BCUT2D eigenvalue weighted by atomic mass is 16.6. The summed E-state index contributed by atoms with van der Waals surface area (Å²) in [6, 6.07) is 13.5. The van der Waals surface area contributed by atoms with Gasteiger partial charge in [0.2, 0.25) is 0 Å². The zero-order chi connectivity index (χ0) is 19.3. The molecule has 6 heteroatoms. The van der Waals surface area contributed by atoms with Crippen LogP contribution in [0.3, 0.4) is 0 Å². The van der Waals surface area contributed by atoms with Crippen LogP contribution in [0, 0.1) is 0 Å². The van der Waals surface area contributed by atoms with Crippen molar-refractivity contribution in [3.05, 3.63) is 59.7 Å². The summed E-state index contributed by atoms with van der Waals surface area (Å²) in [5, 5.41) is 12.5. The number of phenolic OH excluding ortho intramolecular Hbond substituents is 1. The molecule has 2 amide bonds. The number of amides is 2. The van der Waals surface area contributed by atoms with Crippen LogP contribution in [0.15, 0.2) is 48.5 Å². The first-order chi connectivity index (χ1) is 12.2. The number of nitrogens with one attached hydrogen (secondary N) is 1. The van der Waals surface area contributed by atoms with E-state index in [-0.39, 0.29) is 11.3 Å². The lowest BCUT2D eigenvalue weighted by Gasteiger charge is -2.24. The number of rotatable bonds is 4. The monoisotopic (exact) mass is 356 g/mol. The standard InChI is InChI=1S/C20H24N2O4/c1-20(2,3)26-19(25)22(4)13-14-8-7-9-15(12-14)21-18(24)16-10-5-6-11-17(16)23/h5-12,23H,13H2,1-4H3,(H,21,24). The first-order valence-electron chi connectivity index (χ1n) is 8.28. The summed E-state index contributed by atoms with van der Waals surface area (Å²) in [6.45, 7) is 5.78. The van der Waals surface area contributed by atoms with Gasteiger partial charge in [-0.05, 0) is 50.6 Å². The molecule has 0 atom stereocenters. The second kappa shape index (κ2) is 7.91. The molecule has 0 aliphatic rings. The molecule has 0 aliphatic heterocycles. The van der Waals surface area contributed by atoms with Gasteiger partial charge in [0, 0.05) is 19.3 Å². The fraction of sp³-hybridized carbons (Fsp3) is 0.300. The average molecular weight is 356 g/mol. The average Bonchev–Trinajstić information content (AvgIpc) is 2.54. The molecule has 0 bridgehead atoms. The summed E-state index contributed by atoms with van der Waals surface area (Å²) < 4.78 is 5.33. The van der Waals surface area contributed by atoms with E-state index < -0.39 is 17.6 Å². The zero-order valence-electron chi connectivity index (χ0n) is 15.4. The second-order valence-corrected chi connectivity index (χ2v) is 7.01. The lowest BCUT2D eigenvalue weighted by molar-refractivity contribution is 0.0285. The van der Waals surface area contributed by atoms with Crippen molar-refractivity contribution in [1.82, 2.24) is 4.90 Å². The van der Waals surface area contributed by atoms with Crippen LogP contribution in [0.2, 0.25) is 0 Å². The van der Waals surface area contributed by atoms with E-state index in [1.165, 1.54) is 11.0 Å². The number of phenols is 1. The van der Waals surface area contributed by atoms with Crippen molar-refractivity contribution < 1.29 is 19.4 Å². The van der Waals surface area contributed by atoms with Gasteiger partial charge in [0.05, 0.1) is 5.56 Å². The minimum Gasteiger partial charge on any atom is -0.507 e. The Morgan fingerprint density at radius 1 is 1.12 bits per heavy atom. The molecule has 26 heavy (non-hydrogen) atoms. The maximum absolute atomic E-state index is 12.3. The molecule has 138 valence electrons. The maximum Gasteiger partial charge on any atom is 0.410 e. The van der Waals surface area contributed by atoms with Gasteiger partial charge in [0.1, 0.15) is 11.4 Å². The Bertz CT molecular complexity index is 796. The number of ether oxygens (including phenoxy) is 1. The third-order valence-corrected chi connectivity index (χ3v) is 3.46. The fourth-order valence-electron chi connectivity index (χ4n) is 2.29. The molecule has 0 saturated carbocycles. The topological polar surface area (TPSA) is 78.9 Å². The molecule has 0 heterocycles. The van der Waals surface area contributed by atoms with Crippen molar-refractivity contribution in [2.24, 2.45) is 0 Å². The number of carbonyl (C=O) groups is 2. The van der Waals surface area contributed by atoms with Gasteiger partial charge in [-0.1, -0.05) is 24.3 Å². The number of benzene rings is 2. The Labute approximate surface area is 153 Å². The molecular formula is C20H24N2O4. The van der Waals surface area contributed by atoms with Crippen LogP contribution in [0.1, 0.15) is 36.7 Å². The van der Waals surface area contributed by atoms with E-state index in [1.807, 2.05) is 26.8 Å². The van der Waals surface area contributed by atoms with Crippen molar-refractivity contribution in [1.29, 1.82) is 0 Å². The van der Waals surface area contributed by atoms with Crippen molar-refractivity contribution in [3.63, 3.8) is 0 Å². The Morgan fingerprint density at radius 2 is 1.81 bits per heavy atom. The number of aromatic hydroxyl groups is 1. The van der Waals surface area contributed by atoms with E-state index in [0.29, 0.717) is 12.2 Å². The van der Waals surface area contributed by atoms with Gasteiger partial charge in [0.15, 0.2) is 0 Å². The van der Waals surface area contributed by atoms with Gasteiger partial charge < -0.3 is 20.1 Å². The Hall–Kier alpha value is -3.02. The molecule has 0 spiro atoms. The zero-order valence-corrected chi connectivity index (χ0v) is 15.4. The molecule has 2 aromatic carbocycles. The molecule has 0 fully saturated rings. The molecule has 6 nitrogen and oxygen atoms in total. The van der Waals surface area contributed by atoms with Crippen LogP contribution < -0.4 is 5.32 Å². The number of para-hydroxylation sites is 1. The third-order valence-electron chi connectivity index (χ3n) is 3.46. The first kappa shape index (κ1) is 19.3. The van der Waals surface area contributed by atoms with Crippen LogP contribution in [0.4, 0.5) is 10.5 Å². The van der Waals surface area contributed by atoms with E-state index in [0.717, 1.165) is 5.56 Å². The van der Waals surface area contributed by atoms with E-state index in [4.69, 9.17) is 4.74 Å². The van der Waals surface area contributed by atoms with Crippen LogP contribution in [0.25, 0.3) is 0 Å². The van der Waals surface area contributed by atoms with Crippen LogP contribution in [-0.2, 0) is 11.3 Å². The lowest BCUT2D eigenvalue weighted by Crippen LogP contribution is -2.33. The highest BCUT2D eigenvalue weighted by Crippen LogP contribution is 2.19. The van der Waals surface area contributed by atoms with Crippen molar-refractivity contribution in [2.45, 2.75) is 32.9 Å². The van der Waals surface area contributed by atoms with Crippen LogP contribution in [0.5, 0.6) is 5.75 Å². The largest absolute Gasteiger partial charge is 0.507 e. The van der Waals surface area contributed by atoms with E-state index in [1.54, 1.807) is 43.4 Å². The molecule has 2 N–H and O–H groups in total. The highest BCUT2D eigenvalue weighted by Gasteiger charge is 2.19. The summed E-state index contributed by atoms with van der Waals surface area (Å²) in [5.41, 5.74) is 1.06. The molecular weight excluding hydrogens is 332 g/mol. The number of carbonyl (C=O) groups excluding carboxylic acids is 2. The van der Waals surface area contributed by atoms with E-state index >= 15 is 0 Å². The predicted molar refractivity (Wildman–Crippen MR) is 100 cm³/mol. The molecule has 2 aromatic rings. The van der Waals surface area contributed by atoms with Gasteiger partial charge in [-0.2, -0.15) is 0 Å². The van der Waals surface area contributed by atoms with Crippen molar-refractivity contribution in [2.75, 3.05) is 12.4 Å². The lowest BCUT2D eigenvalue weighted by atomic mass is 10.1. The molecule has 2 rings (SSSR count). The Kier molecular flexibility index (Phi) is 5.87. The van der Waals surface area contributed by atoms with E-state index in [9.17, 15) is 14.7 Å². The van der Waals surface area contributed by atoms with Crippen LogP contribution >= 0.6 is 0 Å². The van der Waals surface area contributed by atoms with Gasteiger partial charge in [-0.25, -0.2) is 4.79 Å². The number of nitrogens with zero attached hydrogens (tertiary/aromatic N) is 1. The molecule has 0 aromatic heterocycles. The van der Waals surface area contributed by atoms with Gasteiger partial charge >= 0.3 is 6.09 Å². The van der Waals surface area contributed by atoms with Gasteiger partial charge in [-0.3, -0.25) is 4.79 Å². The summed E-state index contributed by atoms with van der Waals surface area (Å²) in [7, 11) is 1.65. The SMILES string of the molecule is CN(Cc1cccc(NC(=O)c2ccccc2O)c1)C(=O)OC(C)(C)C. The highest BCUT2D eigenvalue weighted by molar-refractivity contribution is 6.06. The molecule has 0 radical (unpaired) electrons. The molecule has 0 unspecified atom stereocenters. The third kappa shape index (κ3) is 5.51. The number of hydrogen-bond donors (Lipinski definition) is 2. The van der Waals surface area contributed by atoms with Crippen molar-refractivity contribution in [3.8, 4) is 5.75 Å².